The van der Waals surface area contributed by atoms with Crippen molar-refractivity contribution in [1.82, 2.24) is 4.90 Å². The van der Waals surface area contributed by atoms with Crippen molar-refractivity contribution in [3.63, 3.8) is 0 Å². The van der Waals surface area contributed by atoms with E-state index in [9.17, 15) is 9.59 Å². The Balaban J connectivity index is 1.65. The quantitative estimate of drug-likeness (QED) is 0.788. The Hall–Kier alpha value is -2.53. The molecule has 1 aliphatic heterocycles. The third kappa shape index (κ3) is 4.65. The fourth-order valence-corrected chi connectivity index (χ4v) is 3.68. The highest BCUT2D eigenvalue weighted by Crippen LogP contribution is 2.23. The van der Waals surface area contributed by atoms with Gasteiger partial charge in [-0.3, -0.25) is 9.59 Å². The molecule has 5 nitrogen and oxygen atoms in total. The Labute approximate surface area is 171 Å². The van der Waals surface area contributed by atoms with Gasteiger partial charge in [0.05, 0.1) is 0 Å². The lowest BCUT2D eigenvalue weighted by Crippen LogP contribution is -2.52. The Bertz CT molecular complexity index is 876. The van der Waals surface area contributed by atoms with Crippen molar-refractivity contribution in [1.29, 1.82) is 0 Å². The van der Waals surface area contributed by atoms with E-state index in [1.165, 1.54) is 6.92 Å². The maximum absolute atomic E-state index is 12.9. The van der Waals surface area contributed by atoms with Crippen molar-refractivity contribution in [2.75, 3.05) is 42.5 Å². The first kappa shape index (κ1) is 20.2. The van der Waals surface area contributed by atoms with Gasteiger partial charge in [-0.1, -0.05) is 29.8 Å². The summed E-state index contributed by atoms with van der Waals surface area (Å²) >= 11 is 6.08. The van der Waals surface area contributed by atoms with Crippen LogP contribution in [0.4, 0.5) is 11.4 Å². The average Bonchev–Trinajstić information content (AvgIpc) is 2.68. The fourth-order valence-electron chi connectivity index (χ4n) is 3.50. The topological polar surface area (TPSA) is 43.9 Å². The Morgan fingerprint density at radius 1 is 1.04 bits per heavy atom. The molecule has 2 aromatic carbocycles. The van der Waals surface area contributed by atoms with Gasteiger partial charge in [-0.15, -0.1) is 0 Å². The molecule has 6 heteroatoms. The fraction of sp³-hybridized carbons (Fsp3) is 0.364. The van der Waals surface area contributed by atoms with E-state index in [2.05, 4.69) is 4.90 Å². The van der Waals surface area contributed by atoms with E-state index in [-0.39, 0.29) is 18.4 Å². The lowest BCUT2D eigenvalue weighted by molar-refractivity contribution is -0.131. The molecule has 1 saturated heterocycles. The van der Waals surface area contributed by atoms with E-state index < -0.39 is 0 Å². The summed E-state index contributed by atoms with van der Waals surface area (Å²) in [5.74, 6) is -0.151. The molecule has 1 aliphatic rings. The zero-order valence-corrected chi connectivity index (χ0v) is 17.4. The molecule has 1 fully saturated rings. The summed E-state index contributed by atoms with van der Waals surface area (Å²) in [7, 11) is 0. The highest BCUT2D eigenvalue weighted by Gasteiger charge is 2.25. The average molecular weight is 400 g/mol. The third-order valence-corrected chi connectivity index (χ3v) is 5.37. The van der Waals surface area contributed by atoms with Gasteiger partial charge in [0.1, 0.15) is 6.54 Å². The van der Waals surface area contributed by atoms with Gasteiger partial charge in [-0.2, -0.15) is 0 Å². The second kappa shape index (κ2) is 8.65. The Kier molecular flexibility index (Phi) is 6.25. The summed E-state index contributed by atoms with van der Waals surface area (Å²) in [5, 5.41) is 0.710. The van der Waals surface area contributed by atoms with Gasteiger partial charge in [-0.25, -0.2) is 0 Å². The molecule has 1 heterocycles. The van der Waals surface area contributed by atoms with Crippen LogP contribution in [-0.2, 0) is 9.59 Å². The Morgan fingerprint density at radius 2 is 1.75 bits per heavy atom. The second-order valence-corrected chi connectivity index (χ2v) is 7.68. The Morgan fingerprint density at radius 3 is 2.39 bits per heavy atom. The van der Waals surface area contributed by atoms with Crippen LogP contribution in [0.15, 0.2) is 42.5 Å². The van der Waals surface area contributed by atoms with Crippen LogP contribution in [0.2, 0.25) is 5.02 Å². The highest BCUT2D eigenvalue weighted by molar-refractivity contribution is 6.30. The maximum Gasteiger partial charge on any atom is 0.242 e. The number of aryl methyl sites for hydroxylation is 2. The zero-order valence-electron chi connectivity index (χ0n) is 16.6. The van der Waals surface area contributed by atoms with Crippen molar-refractivity contribution in [2.45, 2.75) is 20.8 Å². The van der Waals surface area contributed by atoms with E-state index in [1.54, 1.807) is 4.90 Å². The predicted molar refractivity (Wildman–Crippen MR) is 114 cm³/mol. The number of rotatable bonds is 4. The van der Waals surface area contributed by atoms with E-state index >= 15 is 0 Å². The van der Waals surface area contributed by atoms with Crippen LogP contribution < -0.4 is 9.80 Å². The zero-order chi connectivity index (χ0) is 20.3. The van der Waals surface area contributed by atoms with E-state index in [4.69, 9.17) is 11.6 Å². The first-order chi connectivity index (χ1) is 13.3. The summed E-state index contributed by atoms with van der Waals surface area (Å²) in [6.45, 7) is 8.26. The van der Waals surface area contributed by atoms with Gasteiger partial charge in [0, 0.05) is 49.5 Å². The minimum atomic E-state index is -0.125. The van der Waals surface area contributed by atoms with E-state index in [0.29, 0.717) is 18.1 Å². The molecule has 2 aromatic rings. The van der Waals surface area contributed by atoms with E-state index in [1.807, 2.05) is 61.2 Å². The van der Waals surface area contributed by atoms with Crippen LogP contribution >= 0.6 is 11.6 Å². The normalized spacial score (nSPS) is 14.1. The first-order valence-corrected chi connectivity index (χ1v) is 9.86. The molecular weight excluding hydrogens is 374 g/mol. The highest BCUT2D eigenvalue weighted by atomic mass is 35.5. The summed E-state index contributed by atoms with van der Waals surface area (Å²) in [4.78, 5) is 30.7. The molecular formula is C22H26ClN3O2. The first-order valence-electron chi connectivity index (χ1n) is 9.49. The van der Waals surface area contributed by atoms with Crippen LogP contribution in [0.25, 0.3) is 0 Å². The molecule has 0 radical (unpaired) electrons. The maximum atomic E-state index is 12.9. The van der Waals surface area contributed by atoms with Crippen molar-refractivity contribution in [2.24, 2.45) is 0 Å². The molecule has 28 heavy (non-hydrogen) atoms. The predicted octanol–water partition coefficient (Wildman–Crippen LogP) is 3.66. The van der Waals surface area contributed by atoms with Crippen LogP contribution in [-0.4, -0.2) is 49.4 Å². The molecule has 0 aliphatic carbocycles. The number of carbonyl (C=O) groups is 2. The van der Waals surface area contributed by atoms with Crippen molar-refractivity contribution in [3.05, 3.63) is 58.6 Å². The summed E-state index contributed by atoms with van der Waals surface area (Å²) < 4.78 is 0. The number of benzene rings is 2. The van der Waals surface area contributed by atoms with Crippen LogP contribution in [0.3, 0.4) is 0 Å². The standard InChI is InChI=1S/C22H26ClN3O2/c1-16-7-8-17(2)21(13-16)26(18(3)27)15-22(28)25-11-9-24(10-12-25)20-6-4-5-19(23)14-20/h4-8,13-14H,9-12,15H2,1-3H3. The van der Waals surface area contributed by atoms with Crippen molar-refractivity contribution in [3.8, 4) is 0 Å². The number of amides is 2. The van der Waals surface area contributed by atoms with Crippen LogP contribution in [0.5, 0.6) is 0 Å². The minimum absolute atomic E-state index is 0.0261. The molecule has 2 amide bonds. The molecule has 148 valence electrons. The van der Waals surface area contributed by atoms with Gasteiger partial charge < -0.3 is 14.7 Å². The summed E-state index contributed by atoms with van der Waals surface area (Å²) in [5.41, 5.74) is 3.92. The monoisotopic (exact) mass is 399 g/mol. The number of hydrogen-bond donors (Lipinski definition) is 0. The number of carbonyl (C=O) groups excluding carboxylic acids is 2. The number of nitrogens with zero attached hydrogens (tertiary/aromatic N) is 3. The molecule has 0 unspecified atom stereocenters. The van der Waals surface area contributed by atoms with Crippen molar-refractivity contribution < 1.29 is 9.59 Å². The van der Waals surface area contributed by atoms with Gasteiger partial charge in [-0.05, 0) is 49.2 Å². The van der Waals surface area contributed by atoms with Gasteiger partial charge in [0.2, 0.25) is 11.8 Å². The van der Waals surface area contributed by atoms with E-state index in [0.717, 1.165) is 35.6 Å². The van der Waals surface area contributed by atoms with Gasteiger partial charge >= 0.3 is 0 Å². The lowest BCUT2D eigenvalue weighted by atomic mass is 10.1. The molecule has 3 rings (SSSR count). The molecule has 0 N–H and O–H groups in total. The number of piperazine rings is 1. The second-order valence-electron chi connectivity index (χ2n) is 7.24. The molecule has 0 atom stereocenters. The van der Waals surface area contributed by atoms with Crippen molar-refractivity contribution >= 4 is 34.8 Å². The number of halogens is 1. The van der Waals surface area contributed by atoms with Gasteiger partial charge in [0.15, 0.2) is 0 Å². The molecule has 0 bridgehead atoms. The van der Waals surface area contributed by atoms with Crippen LogP contribution in [0.1, 0.15) is 18.1 Å². The van der Waals surface area contributed by atoms with Gasteiger partial charge in [0.25, 0.3) is 0 Å². The summed E-state index contributed by atoms with van der Waals surface area (Å²) in [6.07, 6.45) is 0. The van der Waals surface area contributed by atoms with Crippen LogP contribution in [0, 0.1) is 13.8 Å². The number of hydrogen-bond acceptors (Lipinski definition) is 3. The molecule has 0 saturated carbocycles. The minimum Gasteiger partial charge on any atom is -0.368 e. The third-order valence-electron chi connectivity index (χ3n) is 5.13. The largest absolute Gasteiger partial charge is 0.368 e. The SMILES string of the molecule is CC(=O)N(CC(=O)N1CCN(c2cccc(Cl)c2)CC1)c1cc(C)ccc1C. The smallest absolute Gasteiger partial charge is 0.242 e. The molecule has 0 spiro atoms. The number of anilines is 2. The lowest BCUT2D eigenvalue weighted by Gasteiger charge is -2.37. The molecule has 0 aromatic heterocycles. The summed E-state index contributed by atoms with van der Waals surface area (Å²) in [6, 6.07) is 13.7.